The molecule has 46 heavy (non-hydrogen) atoms. The number of nitrogens with zero attached hydrogens (tertiary/aromatic N) is 5. The van der Waals surface area contributed by atoms with Crippen molar-refractivity contribution in [3.63, 3.8) is 0 Å². The Labute approximate surface area is 271 Å². The van der Waals surface area contributed by atoms with E-state index in [-0.39, 0.29) is 33.5 Å². The second-order valence-electron chi connectivity index (χ2n) is 9.73. The molecule has 4 aromatic rings. The van der Waals surface area contributed by atoms with Gasteiger partial charge in [0.25, 0.3) is 5.91 Å². The number of amides is 2. The number of halogens is 1. The van der Waals surface area contributed by atoms with Gasteiger partial charge in [-0.1, -0.05) is 29.8 Å². The van der Waals surface area contributed by atoms with Crippen molar-refractivity contribution in [1.29, 1.82) is 0 Å². The fourth-order valence-electron chi connectivity index (χ4n) is 4.49. The van der Waals surface area contributed by atoms with Gasteiger partial charge in [0.2, 0.25) is 5.91 Å². The van der Waals surface area contributed by atoms with E-state index in [9.17, 15) is 27.9 Å². The molecule has 1 unspecified atom stereocenters. The summed E-state index contributed by atoms with van der Waals surface area (Å²) in [6.45, 7) is 6.64. The SMILES string of the molecule is CCN(CC)c1ccc(N=C(C(=O)Nc2cc(NS(=O)[O-])ccc2Cl)c2nc(=O)n(C)c(=O)n2-c2ccccc2)c(NC(C)=O)c1. The van der Waals surface area contributed by atoms with Crippen LogP contribution >= 0.6 is 11.6 Å². The molecule has 16 heteroatoms. The fraction of sp³-hybridized carbons (Fsp3) is 0.200. The number of hydrogen-bond donors (Lipinski definition) is 3. The van der Waals surface area contributed by atoms with Gasteiger partial charge in [-0.2, -0.15) is 4.98 Å². The third-order valence-electron chi connectivity index (χ3n) is 6.69. The smallest absolute Gasteiger partial charge is 0.353 e. The number of rotatable bonds is 11. The van der Waals surface area contributed by atoms with Crippen LogP contribution in [0.3, 0.4) is 0 Å². The molecule has 0 aliphatic heterocycles. The average Bonchev–Trinajstić information content (AvgIpc) is 3.01. The standard InChI is InChI=1S/C30H31ClN8O6S/c1-5-38(6-2)21-13-15-23(25(17-21)32-18(3)40)33-26(28(41)34-24-16-19(36-46(44)45)12-14-22(24)31)27-35-29(42)37(4)30(43)39(27)20-10-8-7-9-11-20/h7-17,36H,5-6H2,1-4H3,(H,32,40)(H,34,41)(H,44,45)/p-1. The van der Waals surface area contributed by atoms with E-state index >= 15 is 0 Å². The number of benzene rings is 3. The predicted molar refractivity (Wildman–Crippen MR) is 178 cm³/mol. The maximum Gasteiger partial charge on any atom is 0.353 e. The zero-order valence-corrected chi connectivity index (χ0v) is 26.8. The van der Waals surface area contributed by atoms with Crippen molar-refractivity contribution >= 4 is 68.8 Å². The minimum Gasteiger partial charge on any atom is -0.755 e. The average molecular weight is 666 g/mol. The van der Waals surface area contributed by atoms with Crippen molar-refractivity contribution in [2.24, 2.45) is 12.0 Å². The van der Waals surface area contributed by atoms with Gasteiger partial charge in [-0.25, -0.2) is 23.7 Å². The molecule has 2 amide bonds. The highest BCUT2D eigenvalue weighted by atomic mass is 35.5. The van der Waals surface area contributed by atoms with Crippen LogP contribution < -0.4 is 31.6 Å². The summed E-state index contributed by atoms with van der Waals surface area (Å²) >= 11 is 3.67. The molecular weight excluding hydrogens is 636 g/mol. The molecule has 14 nitrogen and oxygen atoms in total. The Bertz CT molecular complexity index is 1960. The number of carbonyl (C=O) groups excluding carboxylic acids is 2. The number of aliphatic imine (C=N–C) groups is 1. The highest BCUT2D eigenvalue weighted by molar-refractivity contribution is 7.80. The Kier molecular flexibility index (Phi) is 10.8. The lowest BCUT2D eigenvalue weighted by Gasteiger charge is -2.22. The molecule has 3 N–H and O–H groups in total. The van der Waals surface area contributed by atoms with E-state index < -0.39 is 46.0 Å². The van der Waals surface area contributed by atoms with Gasteiger partial charge in [0.15, 0.2) is 11.5 Å². The van der Waals surface area contributed by atoms with E-state index in [0.29, 0.717) is 13.1 Å². The van der Waals surface area contributed by atoms with Gasteiger partial charge in [-0.3, -0.25) is 13.8 Å². The van der Waals surface area contributed by atoms with Crippen molar-refractivity contribution < 1.29 is 18.4 Å². The molecule has 0 aliphatic carbocycles. The van der Waals surface area contributed by atoms with Crippen LogP contribution in [-0.4, -0.2) is 53.5 Å². The number of anilines is 4. The van der Waals surface area contributed by atoms with Crippen molar-refractivity contribution in [2.45, 2.75) is 20.8 Å². The molecule has 0 saturated carbocycles. The van der Waals surface area contributed by atoms with Gasteiger partial charge in [-0.05, 0) is 62.4 Å². The van der Waals surface area contributed by atoms with E-state index in [1.54, 1.807) is 48.5 Å². The Morgan fingerprint density at radius 3 is 2.33 bits per heavy atom. The molecule has 1 aromatic heterocycles. The van der Waals surface area contributed by atoms with Crippen LogP contribution in [0, 0.1) is 0 Å². The predicted octanol–water partition coefficient (Wildman–Crippen LogP) is 3.35. The monoisotopic (exact) mass is 665 g/mol. The number of nitrogens with one attached hydrogen (secondary N) is 3. The molecule has 4 rings (SSSR count). The van der Waals surface area contributed by atoms with Crippen molar-refractivity contribution in [2.75, 3.05) is 33.3 Å². The first-order valence-electron chi connectivity index (χ1n) is 13.9. The zero-order chi connectivity index (χ0) is 33.5. The lowest BCUT2D eigenvalue weighted by atomic mass is 10.2. The zero-order valence-electron chi connectivity index (χ0n) is 25.2. The summed E-state index contributed by atoms with van der Waals surface area (Å²) in [6.07, 6.45) is 0. The highest BCUT2D eigenvalue weighted by Crippen LogP contribution is 2.32. The van der Waals surface area contributed by atoms with Gasteiger partial charge < -0.3 is 24.8 Å². The topological polar surface area (TPSA) is 183 Å². The van der Waals surface area contributed by atoms with Crippen LogP contribution in [0.5, 0.6) is 0 Å². The molecule has 240 valence electrons. The summed E-state index contributed by atoms with van der Waals surface area (Å²) < 4.78 is 26.4. The van der Waals surface area contributed by atoms with Crippen LogP contribution in [0.4, 0.5) is 28.4 Å². The summed E-state index contributed by atoms with van der Waals surface area (Å²) in [5.41, 5.74) is -0.716. The molecule has 0 saturated heterocycles. The van der Waals surface area contributed by atoms with Gasteiger partial charge in [-0.15, -0.1) is 0 Å². The number of hydrogen-bond acceptors (Lipinski definition) is 9. The lowest BCUT2D eigenvalue weighted by molar-refractivity contribution is -0.114. The molecule has 0 fully saturated rings. The van der Waals surface area contributed by atoms with Crippen LogP contribution in [-0.2, 0) is 27.9 Å². The summed E-state index contributed by atoms with van der Waals surface area (Å²) in [5.74, 6) is -1.75. The molecule has 0 aliphatic rings. The molecule has 1 heterocycles. The van der Waals surface area contributed by atoms with E-state index in [4.69, 9.17) is 11.6 Å². The second-order valence-corrected chi connectivity index (χ2v) is 10.8. The van der Waals surface area contributed by atoms with Gasteiger partial charge in [0.1, 0.15) is 0 Å². The van der Waals surface area contributed by atoms with Crippen LogP contribution in [0.1, 0.15) is 26.6 Å². The summed E-state index contributed by atoms with van der Waals surface area (Å²) in [6, 6.07) is 17.3. The first-order valence-corrected chi connectivity index (χ1v) is 15.4. The Hall–Kier alpha value is -5.12. The van der Waals surface area contributed by atoms with E-state index in [2.05, 4.69) is 25.3 Å². The van der Waals surface area contributed by atoms with Crippen molar-refractivity contribution in [1.82, 2.24) is 14.1 Å². The highest BCUT2D eigenvalue weighted by Gasteiger charge is 2.25. The number of para-hydroxylation sites is 1. The van der Waals surface area contributed by atoms with Crippen molar-refractivity contribution in [3.8, 4) is 5.69 Å². The first-order chi connectivity index (χ1) is 21.9. The molecule has 0 bridgehead atoms. The third-order valence-corrected chi connectivity index (χ3v) is 7.42. The van der Waals surface area contributed by atoms with Gasteiger partial charge in [0.05, 0.1) is 27.8 Å². The molecule has 3 aromatic carbocycles. The number of aromatic nitrogens is 3. The van der Waals surface area contributed by atoms with Crippen LogP contribution in [0.2, 0.25) is 5.02 Å². The minimum absolute atomic E-state index is 0.00813. The maximum absolute atomic E-state index is 14.1. The molecular formula is C30H30ClN8O6S-. The third kappa shape index (κ3) is 7.74. The minimum atomic E-state index is -2.66. The normalized spacial score (nSPS) is 11.9. The Morgan fingerprint density at radius 2 is 1.70 bits per heavy atom. The largest absolute Gasteiger partial charge is 0.755 e. The molecule has 0 radical (unpaired) electrons. The quantitative estimate of drug-likeness (QED) is 0.161. The van der Waals surface area contributed by atoms with E-state index in [1.807, 2.05) is 18.7 Å². The molecule has 0 spiro atoms. The number of carbonyl (C=O) groups is 2. The van der Waals surface area contributed by atoms with E-state index in [1.165, 1.54) is 32.2 Å². The molecule has 1 atom stereocenters. The van der Waals surface area contributed by atoms with Gasteiger partial charge >= 0.3 is 11.4 Å². The Morgan fingerprint density at radius 1 is 1.00 bits per heavy atom. The Balaban J connectivity index is 2.01. The van der Waals surface area contributed by atoms with Gasteiger partial charge in [0, 0.05) is 49.7 Å². The van der Waals surface area contributed by atoms with Crippen LogP contribution in [0.25, 0.3) is 5.69 Å². The van der Waals surface area contributed by atoms with E-state index in [0.717, 1.165) is 14.8 Å². The second kappa shape index (κ2) is 14.8. The lowest BCUT2D eigenvalue weighted by Crippen LogP contribution is -2.44. The fourth-order valence-corrected chi connectivity index (χ4v) is 4.97. The summed E-state index contributed by atoms with van der Waals surface area (Å²) in [7, 11) is 1.25. The van der Waals surface area contributed by atoms with Crippen LogP contribution in [0.15, 0.2) is 81.3 Å². The summed E-state index contributed by atoms with van der Waals surface area (Å²) in [5, 5.41) is 5.36. The van der Waals surface area contributed by atoms with Crippen molar-refractivity contribution in [3.05, 3.63) is 98.5 Å². The maximum atomic E-state index is 14.1. The first kappa shape index (κ1) is 33.8. The summed E-state index contributed by atoms with van der Waals surface area (Å²) in [4.78, 5) is 63.4.